The highest BCUT2D eigenvalue weighted by Crippen LogP contribution is 2.12. The Morgan fingerprint density at radius 1 is 1.29 bits per heavy atom. The van der Waals surface area contributed by atoms with E-state index in [2.05, 4.69) is 5.16 Å². The third kappa shape index (κ3) is 5.21. The standard InChI is InChI=1S/C12H18N2O3/c1-2-16-7-8-17-11-5-3-10(4-6-11)9-12(13)14-15/h3-6,15H,2,7-9H2,1H3,(H2,13,14). The van der Waals surface area contributed by atoms with Crippen LogP contribution in [0.15, 0.2) is 29.4 Å². The van der Waals surface area contributed by atoms with E-state index >= 15 is 0 Å². The Labute approximate surface area is 101 Å². The Kier molecular flexibility index (Phi) is 5.88. The van der Waals surface area contributed by atoms with Crippen molar-refractivity contribution in [1.29, 1.82) is 0 Å². The molecule has 17 heavy (non-hydrogen) atoms. The molecule has 5 nitrogen and oxygen atoms in total. The molecule has 5 heteroatoms. The summed E-state index contributed by atoms with van der Waals surface area (Å²) in [6.07, 6.45) is 0.426. The number of hydrogen-bond acceptors (Lipinski definition) is 4. The van der Waals surface area contributed by atoms with Gasteiger partial charge in [-0.3, -0.25) is 0 Å². The summed E-state index contributed by atoms with van der Waals surface area (Å²) in [7, 11) is 0. The molecule has 0 bridgehead atoms. The number of nitrogens with zero attached hydrogens (tertiary/aromatic N) is 1. The van der Waals surface area contributed by atoms with Gasteiger partial charge in [-0.05, 0) is 24.6 Å². The van der Waals surface area contributed by atoms with Gasteiger partial charge in [-0.2, -0.15) is 0 Å². The fourth-order valence-corrected chi connectivity index (χ4v) is 1.31. The Morgan fingerprint density at radius 3 is 2.59 bits per heavy atom. The number of benzene rings is 1. The molecule has 0 radical (unpaired) electrons. The quantitative estimate of drug-likeness (QED) is 0.247. The zero-order valence-electron chi connectivity index (χ0n) is 9.93. The lowest BCUT2D eigenvalue weighted by Gasteiger charge is -2.07. The maximum Gasteiger partial charge on any atom is 0.143 e. The molecule has 0 atom stereocenters. The first kappa shape index (κ1) is 13.3. The molecular formula is C12H18N2O3. The van der Waals surface area contributed by atoms with Crippen molar-refractivity contribution >= 4 is 5.84 Å². The SMILES string of the molecule is CCOCCOc1ccc(C/C(N)=N/O)cc1. The molecule has 0 aliphatic heterocycles. The van der Waals surface area contributed by atoms with Gasteiger partial charge in [0.2, 0.25) is 0 Å². The summed E-state index contributed by atoms with van der Waals surface area (Å²) in [5.74, 6) is 0.975. The highest BCUT2D eigenvalue weighted by atomic mass is 16.5. The predicted octanol–water partition coefficient (Wildman–Crippen LogP) is 1.39. The van der Waals surface area contributed by atoms with Crippen LogP contribution in [0.1, 0.15) is 12.5 Å². The van der Waals surface area contributed by atoms with Crippen LogP contribution in [0.3, 0.4) is 0 Å². The van der Waals surface area contributed by atoms with Crippen molar-refractivity contribution < 1.29 is 14.7 Å². The summed E-state index contributed by atoms with van der Waals surface area (Å²) in [5, 5.41) is 11.4. The number of hydrogen-bond donors (Lipinski definition) is 2. The number of amidine groups is 1. The average molecular weight is 238 g/mol. The van der Waals surface area contributed by atoms with Gasteiger partial charge in [-0.1, -0.05) is 17.3 Å². The molecule has 0 heterocycles. The summed E-state index contributed by atoms with van der Waals surface area (Å²) in [4.78, 5) is 0. The predicted molar refractivity (Wildman–Crippen MR) is 65.5 cm³/mol. The molecule has 3 N–H and O–H groups in total. The molecule has 0 unspecified atom stereocenters. The van der Waals surface area contributed by atoms with Gasteiger partial charge in [0.1, 0.15) is 18.2 Å². The Morgan fingerprint density at radius 2 is 2.00 bits per heavy atom. The number of ether oxygens (including phenoxy) is 2. The van der Waals surface area contributed by atoms with Crippen molar-refractivity contribution in [2.45, 2.75) is 13.3 Å². The van der Waals surface area contributed by atoms with E-state index in [9.17, 15) is 0 Å². The lowest BCUT2D eigenvalue weighted by atomic mass is 10.1. The Hall–Kier alpha value is -1.75. The first-order valence-corrected chi connectivity index (χ1v) is 5.52. The van der Waals surface area contributed by atoms with Crippen LogP contribution in [0.25, 0.3) is 0 Å². The number of nitrogens with two attached hydrogens (primary N) is 1. The fourth-order valence-electron chi connectivity index (χ4n) is 1.31. The lowest BCUT2D eigenvalue weighted by molar-refractivity contribution is 0.110. The summed E-state index contributed by atoms with van der Waals surface area (Å²) in [6.45, 7) is 3.76. The summed E-state index contributed by atoms with van der Waals surface area (Å²) >= 11 is 0. The van der Waals surface area contributed by atoms with Crippen molar-refractivity contribution in [3.05, 3.63) is 29.8 Å². The van der Waals surface area contributed by atoms with E-state index in [-0.39, 0.29) is 5.84 Å². The Balaban J connectivity index is 2.39. The summed E-state index contributed by atoms with van der Waals surface area (Å²) in [5.41, 5.74) is 6.38. The van der Waals surface area contributed by atoms with E-state index in [1.54, 1.807) is 0 Å². The van der Waals surface area contributed by atoms with Gasteiger partial charge in [0, 0.05) is 13.0 Å². The van der Waals surface area contributed by atoms with E-state index in [1.165, 1.54) is 0 Å². The molecule has 0 aliphatic rings. The second-order valence-electron chi connectivity index (χ2n) is 3.46. The summed E-state index contributed by atoms with van der Waals surface area (Å²) < 4.78 is 10.6. The van der Waals surface area contributed by atoms with E-state index in [1.807, 2.05) is 31.2 Å². The summed E-state index contributed by atoms with van der Waals surface area (Å²) in [6, 6.07) is 7.47. The molecule has 0 fully saturated rings. The van der Waals surface area contributed by atoms with Gasteiger partial charge in [-0.25, -0.2) is 0 Å². The first-order valence-electron chi connectivity index (χ1n) is 5.52. The van der Waals surface area contributed by atoms with Crippen molar-refractivity contribution in [3.63, 3.8) is 0 Å². The molecule has 0 amide bonds. The second kappa shape index (κ2) is 7.51. The molecule has 0 saturated carbocycles. The van der Waals surface area contributed by atoms with Crippen molar-refractivity contribution in [1.82, 2.24) is 0 Å². The largest absolute Gasteiger partial charge is 0.491 e. The highest BCUT2D eigenvalue weighted by Gasteiger charge is 1.98. The maximum atomic E-state index is 8.44. The molecule has 1 aromatic rings. The normalized spacial score (nSPS) is 11.5. The van der Waals surface area contributed by atoms with Gasteiger partial charge in [0.05, 0.1) is 6.61 Å². The molecular weight excluding hydrogens is 220 g/mol. The van der Waals surface area contributed by atoms with Crippen LogP contribution < -0.4 is 10.5 Å². The van der Waals surface area contributed by atoms with Crippen LogP contribution in [0, 0.1) is 0 Å². The molecule has 1 aromatic carbocycles. The van der Waals surface area contributed by atoms with Crippen LogP contribution in [-0.4, -0.2) is 30.9 Å². The molecule has 1 rings (SSSR count). The van der Waals surface area contributed by atoms with Gasteiger partial charge >= 0.3 is 0 Å². The first-order chi connectivity index (χ1) is 8.26. The van der Waals surface area contributed by atoms with Crippen LogP contribution in [0.4, 0.5) is 0 Å². The van der Waals surface area contributed by atoms with Gasteiger partial charge in [-0.15, -0.1) is 0 Å². The average Bonchev–Trinajstić information content (AvgIpc) is 2.36. The zero-order chi connectivity index (χ0) is 12.5. The van der Waals surface area contributed by atoms with Crippen LogP contribution >= 0.6 is 0 Å². The highest BCUT2D eigenvalue weighted by molar-refractivity contribution is 5.81. The van der Waals surface area contributed by atoms with Gasteiger partial charge in [0.15, 0.2) is 0 Å². The minimum Gasteiger partial charge on any atom is -0.491 e. The van der Waals surface area contributed by atoms with Gasteiger partial charge in [0.25, 0.3) is 0 Å². The van der Waals surface area contributed by atoms with Crippen molar-refractivity contribution in [2.75, 3.05) is 19.8 Å². The molecule has 94 valence electrons. The van der Waals surface area contributed by atoms with E-state index in [4.69, 9.17) is 20.4 Å². The second-order valence-corrected chi connectivity index (χ2v) is 3.46. The Bertz CT molecular complexity index is 349. The van der Waals surface area contributed by atoms with E-state index in [0.29, 0.717) is 26.2 Å². The van der Waals surface area contributed by atoms with Gasteiger partial charge < -0.3 is 20.4 Å². The van der Waals surface area contributed by atoms with Crippen LogP contribution in [-0.2, 0) is 11.2 Å². The lowest BCUT2D eigenvalue weighted by Crippen LogP contribution is -2.14. The minimum absolute atomic E-state index is 0.190. The topological polar surface area (TPSA) is 77.1 Å². The number of rotatable bonds is 7. The third-order valence-corrected chi connectivity index (χ3v) is 2.14. The fraction of sp³-hybridized carbons (Fsp3) is 0.417. The molecule has 0 saturated heterocycles. The molecule has 0 aromatic heterocycles. The van der Waals surface area contributed by atoms with Crippen molar-refractivity contribution in [3.8, 4) is 5.75 Å². The minimum atomic E-state index is 0.190. The smallest absolute Gasteiger partial charge is 0.143 e. The maximum absolute atomic E-state index is 8.44. The van der Waals surface area contributed by atoms with E-state index < -0.39 is 0 Å². The van der Waals surface area contributed by atoms with Crippen LogP contribution in [0.2, 0.25) is 0 Å². The zero-order valence-corrected chi connectivity index (χ0v) is 9.93. The number of oxime groups is 1. The van der Waals surface area contributed by atoms with E-state index in [0.717, 1.165) is 11.3 Å². The molecule has 0 spiro atoms. The third-order valence-electron chi connectivity index (χ3n) is 2.14. The van der Waals surface area contributed by atoms with Crippen molar-refractivity contribution in [2.24, 2.45) is 10.9 Å². The monoisotopic (exact) mass is 238 g/mol. The van der Waals surface area contributed by atoms with Crippen LogP contribution in [0.5, 0.6) is 5.75 Å². The molecule has 0 aliphatic carbocycles.